The third kappa shape index (κ3) is 2.85. The van der Waals surface area contributed by atoms with Gasteiger partial charge in [0.25, 0.3) is 0 Å². The lowest BCUT2D eigenvalue weighted by atomic mass is 10.1. The molecule has 24 heavy (non-hydrogen) atoms. The van der Waals surface area contributed by atoms with Crippen molar-refractivity contribution in [3.63, 3.8) is 0 Å². The smallest absolute Gasteiger partial charge is 0.408 e. The average molecular weight is 324 g/mol. The first-order valence-electron chi connectivity index (χ1n) is 8.33. The molecule has 0 saturated heterocycles. The van der Waals surface area contributed by atoms with Gasteiger partial charge >= 0.3 is 5.76 Å². The fourth-order valence-corrected chi connectivity index (χ4v) is 3.33. The summed E-state index contributed by atoms with van der Waals surface area (Å²) in [5.41, 5.74) is 3.92. The van der Waals surface area contributed by atoms with Crippen molar-refractivity contribution in [2.24, 2.45) is 0 Å². The molecule has 1 aliphatic heterocycles. The van der Waals surface area contributed by atoms with E-state index in [0.29, 0.717) is 12.1 Å². The van der Waals surface area contributed by atoms with E-state index in [1.165, 1.54) is 5.56 Å². The standard InChI is InChI=1S/C18H20N4O2/c1-13-19-11-14-7-10-21(12-15(14)20-13)8-4-9-22-16-5-2-3-6-17(16)24-18(22)23/h2-3,5-6,11H,4,7-10,12H2,1H3. The van der Waals surface area contributed by atoms with Gasteiger partial charge in [0.2, 0.25) is 0 Å². The summed E-state index contributed by atoms with van der Waals surface area (Å²) in [6.45, 7) is 5.41. The monoisotopic (exact) mass is 324 g/mol. The van der Waals surface area contributed by atoms with E-state index in [4.69, 9.17) is 4.42 Å². The van der Waals surface area contributed by atoms with Crippen LogP contribution in [0.2, 0.25) is 0 Å². The van der Waals surface area contributed by atoms with Crippen molar-refractivity contribution in [1.82, 2.24) is 19.4 Å². The van der Waals surface area contributed by atoms with Crippen LogP contribution in [0.3, 0.4) is 0 Å². The van der Waals surface area contributed by atoms with Crippen LogP contribution in [-0.2, 0) is 19.5 Å². The molecule has 0 spiro atoms. The van der Waals surface area contributed by atoms with Crippen molar-refractivity contribution in [2.75, 3.05) is 13.1 Å². The maximum Gasteiger partial charge on any atom is 0.419 e. The second kappa shape index (κ2) is 6.20. The summed E-state index contributed by atoms with van der Waals surface area (Å²) in [6.07, 6.45) is 3.85. The third-order valence-electron chi connectivity index (χ3n) is 4.58. The van der Waals surface area contributed by atoms with Gasteiger partial charge in [-0.3, -0.25) is 9.47 Å². The summed E-state index contributed by atoms with van der Waals surface area (Å²) < 4.78 is 7.00. The summed E-state index contributed by atoms with van der Waals surface area (Å²) in [4.78, 5) is 23.2. The van der Waals surface area contributed by atoms with Crippen molar-refractivity contribution in [1.29, 1.82) is 0 Å². The molecule has 4 rings (SSSR count). The topological polar surface area (TPSA) is 64.2 Å². The first kappa shape index (κ1) is 15.1. The average Bonchev–Trinajstić information content (AvgIpc) is 2.90. The molecule has 0 saturated carbocycles. The SMILES string of the molecule is Cc1ncc2c(n1)CN(CCCn1c(=O)oc3ccccc31)CC2. The van der Waals surface area contributed by atoms with Gasteiger partial charge in [0.15, 0.2) is 5.58 Å². The van der Waals surface area contributed by atoms with Crippen molar-refractivity contribution >= 4 is 11.1 Å². The minimum absolute atomic E-state index is 0.274. The Labute approximate surface area is 139 Å². The largest absolute Gasteiger partial charge is 0.419 e. The summed E-state index contributed by atoms with van der Waals surface area (Å²) in [5.74, 6) is 0.551. The van der Waals surface area contributed by atoms with E-state index in [-0.39, 0.29) is 5.76 Å². The van der Waals surface area contributed by atoms with Gasteiger partial charge in [-0.15, -0.1) is 0 Å². The zero-order chi connectivity index (χ0) is 16.5. The summed E-state index contributed by atoms with van der Waals surface area (Å²) in [5, 5.41) is 0. The normalized spacial score (nSPS) is 14.9. The minimum atomic E-state index is -0.274. The van der Waals surface area contributed by atoms with Crippen molar-refractivity contribution in [3.05, 3.63) is 58.1 Å². The van der Waals surface area contributed by atoms with Crippen LogP contribution in [0.5, 0.6) is 0 Å². The molecular formula is C18H20N4O2. The summed E-state index contributed by atoms with van der Waals surface area (Å²) in [6, 6.07) is 7.57. The highest BCUT2D eigenvalue weighted by Crippen LogP contribution is 2.17. The van der Waals surface area contributed by atoms with Gasteiger partial charge < -0.3 is 4.42 Å². The Balaban J connectivity index is 1.41. The molecule has 0 bridgehead atoms. The molecule has 2 aromatic heterocycles. The highest BCUT2D eigenvalue weighted by atomic mass is 16.4. The van der Waals surface area contributed by atoms with Crippen LogP contribution < -0.4 is 5.76 Å². The lowest BCUT2D eigenvalue weighted by Gasteiger charge is -2.27. The number of hydrogen-bond donors (Lipinski definition) is 0. The van der Waals surface area contributed by atoms with Crippen LogP contribution in [0.15, 0.2) is 39.7 Å². The molecule has 0 aliphatic carbocycles. The van der Waals surface area contributed by atoms with Crippen LogP contribution in [0.1, 0.15) is 23.5 Å². The number of nitrogens with zero attached hydrogens (tertiary/aromatic N) is 4. The number of hydrogen-bond acceptors (Lipinski definition) is 5. The Bertz CT molecular complexity index is 928. The van der Waals surface area contributed by atoms with E-state index in [1.54, 1.807) is 4.57 Å². The molecule has 124 valence electrons. The highest BCUT2D eigenvalue weighted by Gasteiger charge is 2.18. The fourth-order valence-electron chi connectivity index (χ4n) is 3.33. The number of aromatic nitrogens is 3. The number of benzene rings is 1. The van der Waals surface area contributed by atoms with Gasteiger partial charge in [0.05, 0.1) is 11.2 Å². The number of fused-ring (bicyclic) bond motifs is 2. The van der Waals surface area contributed by atoms with Crippen LogP contribution in [0.25, 0.3) is 11.1 Å². The zero-order valence-corrected chi connectivity index (χ0v) is 13.7. The second-order valence-corrected chi connectivity index (χ2v) is 6.26. The molecule has 1 aromatic carbocycles. The maximum absolute atomic E-state index is 12.0. The molecule has 0 radical (unpaired) electrons. The minimum Gasteiger partial charge on any atom is -0.408 e. The molecule has 1 aliphatic rings. The van der Waals surface area contributed by atoms with E-state index in [9.17, 15) is 4.79 Å². The predicted molar refractivity (Wildman–Crippen MR) is 90.8 cm³/mol. The quantitative estimate of drug-likeness (QED) is 0.736. The van der Waals surface area contributed by atoms with Gasteiger partial charge in [-0.1, -0.05) is 12.1 Å². The third-order valence-corrected chi connectivity index (χ3v) is 4.58. The van der Waals surface area contributed by atoms with Crippen molar-refractivity contribution in [3.8, 4) is 0 Å². The van der Waals surface area contributed by atoms with E-state index in [0.717, 1.165) is 49.5 Å². The van der Waals surface area contributed by atoms with E-state index >= 15 is 0 Å². The molecule has 3 aromatic rings. The molecule has 0 fully saturated rings. The number of oxazole rings is 1. The lowest BCUT2D eigenvalue weighted by molar-refractivity contribution is 0.241. The number of aryl methyl sites for hydroxylation is 2. The Morgan fingerprint density at radius 1 is 1.25 bits per heavy atom. The molecule has 0 N–H and O–H groups in total. The zero-order valence-electron chi connectivity index (χ0n) is 13.7. The first-order valence-corrected chi connectivity index (χ1v) is 8.33. The van der Waals surface area contributed by atoms with E-state index < -0.39 is 0 Å². The molecule has 6 heteroatoms. The molecule has 0 unspecified atom stereocenters. The van der Waals surface area contributed by atoms with Crippen LogP contribution in [0, 0.1) is 6.92 Å². The van der Waals surface area contributed by atoms with Crippen LogP contribution in [0.4, 0.5) is 0 Å². The predicted octanol–water partition coefficient (Wildman–Crippen LogP) is 2.14. The Hall–Kier alpha value is -2.47. The van der Waals surface area contributed by atoms with Gasteiger partial charge in [-0.25, -0.2) is 14.8 Å². The van der Waals surface area contributed by atoms with E-state index in [1.807, 2.05) is 37.4 Å². The first-order chi connectivity index (χ1) is 11.7. The Morgan fingerprint density at radius 2 is 2.12 bits per heavy atom. The van der Waals surface area contributed by atoms with Crippen LogP contribution >= 0.6 is 0 Å². The molecule has 0 atom stereocenters. The molecule has 3 heterocycles. The number of para-hydroxylation sites is 2. The van der Waals surface area contributed by atoms with Gasteiger partial charge in [-0.05, 0) is 37.5 Å². The Kier molecular flexibility index (Phi) is 3.90. The highest BCUT2D eigenvalue weighted by molar-refractivity contribution is 5.72. The van der Waals surface area contributed by atoms with E-state index in [2.05, 4.69) is 14.9 Å². The second-order valence-electron chi connectivity index (χ2n) is 6.26. The maximum atomic E-state index is 12.0. The molecule has 6 nitrogen and oxygen atoms in total. The Morgan fingerprint density at radius 3 is 3.04 bits per heavy atom. The van der Waals surface area contributed by atoms with Gasteiger partial charge in [0, 0.05) is 32.4 Å². The fraction of sp³-hybridized carbons (Fsp3) is 0.389. The number of rotatable bonds is 4. The lowest BCUT2D eigenvalue weighted by Crippen LogP contribution is -2.33. The summed E-state index contributed by atoms with van der Waals surface area (Å²) in [7, 11) is 0. The molecule has 0 amide bonds. The van der Waals surface area contributed by atoms with Crippen LogP contribution in [-0.4, -0.2) is 32.5 Å². The van der Waals surface area contributed by atoms with Crippen molar-refractivity contribution in [2.45, 2.75) is 32.9 Å². The summed E-state index contributed by atoms with van der Waals surface area (Å²) >= 11 is 0. The van der Waals surface area contributed by atoms with Crippen molar-refractivity contribution < 1.29 is 4.42 Å². The van der Waals surface area contributed by atoms with Gasteiger partial charge in [-0.2, -0.15) is 0 Å². The van der Waals surface area contributed by atoms with Gasteiger partial charge in [0.1, 0.15) is 5.82 Å². The molecular weight excluding hydrogens is 304 g/mol.